The lowest BCUT2D eigenvalue weighted by Crippen LogP contribution is -2.06. The summed E-state index contributed by atoms with van der Waals surface area (Å²) in [7, 11) is 0. The van der Waals surface area contributed by atoms with Gasteiger partial charge in [-0.1, -0.05) is 6.07 Å². The predicted molar refractivity (Wildman–Crippen MR) is 67.9 cm³/mol. The summed E-state index contributed by atoms with van der Waals surface area (Å²) in [6, 6.07) is 5.35. The molecule has 0 saturated carbocycles. The van der Waals surface area contributed by atoms with Crippen molar-refractivity contribution in [1.29, 1.82) is 0 Å². The number of nitrogens with zero attached hydrogens (tertiary/aromatic N) is 1. The Morgan fingerprint density at radius 1 is 1.50 bits per heavy atom. The van der Waals surface area contributed by atoms with E-state index in [1.165, 1.54) is 0 Å². The molecule has 0 unspecified atom stereocenters. The highest BCUT2D eigenvalue weighted by molar-refractivity contribution is 6.08. The fourth-order valence-electron chi connectivity index (χ4n) is 2.78. The summed E-state index contributed by atoms with van der Waals surface area (Å²) < 4.78 is 7.22. The van der Waals surface area contributed by atoms with E-state index in [1.807, 2.05) is 6.07 Å². The van der Waals surface area contributed by atoms with Crippen LogP contribution in [0.25, 0.3) is 10.9 Å². The number of fused-ring (bicyclic) bond motifs is 3. The summed E-state index contributed by atoms with van der Waals surface area (Å²) in [5.41, 5.74) is 2.46. The number of hydrogen-bond donors (Lipinski definition) is 1. The van der Waals surface area contributed by atoms with Crippen LogP contribution in [0.5, 0.6) is 5.75 Å². The summed E-state index contributed by atoms with van der Waals surface area (Å²) in [5, 5.41) is 10.6. The third-order valence-electron chi connectivity index (χ3n) is 3.45. The van der Waals surface area contributed by atoms with Crippen LogP contribution in [0, 0.1) is 0 Å². The fraction of sp³-hybridized carbons (Fsp3) is 0.357. The third kappa shape index (κ3) is 1.41. The normalized spacial score (nSPS) is 13.8. The summed E-state index contributed by atoms with van der Waals surface area (Å²) in [4.78, 5) is 12.1. The number of phenolic OH excluding ortho intramolecular Hbond substituents is 1. The Kier molecular flexibility index (Phi) is 2.51. The minimum atomic E-state index is -0.334. The van der Waals surface area contributed by atoms with Gasteiger partial charge in [0.15, 0.2) is 0 Å². The molecule has 0 radical (unpaired) electrons. The zero-order valence-corrected chi connectivity index (χ0v) is 10.3. The van der Waals surface area contributed by atoms with Crippen LogP contribution in [-0.2, 0) is 17.7 Å². The van der Waals surface area contributed by atoms with E-state index in [0.717, 1.165) is 30.6 Å². The highest BCUT2D eigenvalue weighted by atomic mass is 16.5. The molecule has 4 nitrogen and oxygen atoms in total. The first-order chi connectivity index (χ1) is 8.74. The van der Waals surface area contributed by atoms with Crippen LogP contribution in [0.4, 0.5) is 0 Å². The molecular formula is C14H15NO3. The van der Waals surface area contributed by atoms with E-state index in [0.29, 0.717) is 17.6 Å². The van der Waals surface area contributed by atoms with E-state index in [-0.39, 0.29) is 11.7 Å². The van der Waals surface area contributed by atoms with Gasteiger partial charge in [0.05, 0.1) is 23.1 Å². The molecule has 0 spiro atoms. The highest BCUT2D eigenvalue weighted by Gasteiger charge is 2.27. The largest absolute Gasteiger partial charge is 0.507 e. The first kappa shape index (κ1) is 11.1. The van der Waals surface area contributed by atoms with Gasteiger partial charge in [-0.2, -0.15) is 0 Å². The van der Waals surface area contributed by atoms with Gasteiger partial charge in [0.1, 0.15) is 5.75 Å². The van der Waals surface area contributed by atoms with Crippen molar-refractivity contribution in [2.24, 2.45) is 0 Å². The quantitative estimate of drug-likeness (QED) is 0.827. The first-order valence-corrected chi connectivity index (χ1v) is 6.24. The number of benzene rings is 1. The Labute approximate surface area is 105 Å². The summed E-state index contributed by atoms with van der Waals surface area (Å²) in [5.74, 6) is -0.183. The van der Waals surface area contributed by atoms with Crippen LogP contribution in [0.15, 0.2) is 18.2 Å². The van der Waals surface area contributed by atoms with Crippen molar-refractivity contribution < 1.29 is 14.6 Å². The number of esters is 1. The number of aromatic nitrogens is 1. The molecule has 94 valence electrons. The number of carbonyl (C=O) groups is 1. The standard InChI is InChI=1S/C14H15NO3/c1-2-18-14(17)13-10-6-4-8-15(10)9-5-3-7-11(16)12(9)13/h3,5,7,16H,2,4,6,8H2,1H3. The van der Waals surface area contributed by atoms with Gasteiger partial charge in [-0.25, -0.2) is 4.79 Å². The topological polar surface area (TPSA) is 51.5 Å². The third-order valence-corrected chi connectivity index (χ3v) is 3.45. The maximum Gasteiger partial charge on any atom is 0.340 e. The van der Waals surface area contributed by atoms with Crippen LogP contribution >= 0.6 is 0 Å². The van der Waals surface area contributed by atoms with Crippen molar-refractivity contribution in [3.05, 3.63) is 29.5 Å². The second kappa shape index (κ2) is 4.05. The smallest absolute Gasteiger partial charge is 0.340 e. The average Bonchev–Trinajstić information content (AvgIpc) is 2.90. The first-order valence-electron chi connectivity index (χ1n) is 6.24. The van der Waals surface area contributed by atoms with Crippen LogP contribution in [-0.4, -0.2) is 22.2 Å². The van der Waals surface area contributed by atoms with Crippen molar-refractivity contribution in [2.75, 3.05) is 6.61 Å². The fourth-order valence-corrected chi connectivity index (χ4v) is 2.78. The SMILES string of the molecule is CCOC(=O)c1c2n(c3cccc(O)c13)CCC2. The molecule has 1 N–H and O–H groups in total. The lowest BCUT2D eigenvalue weighted by Gasteiger charge is -2.03. The molecule has 3 rings (SSSR count). The molecule has 18 heavy (non-hydrogen) atoms. The van der Waals surface area contributed by atoms with E-state index >= 15 is 0 Å². The molecule has 1 aliphatic rings. The number of aryl methyl sites for hydroxylation is 1. The second-order valence-corrected chi connectivity index (χ2v) is 4.47. The Hall–Kier alpha value is -1.97. The van der Waals surface area contributed by atoms with Gasteiger partial charge in [-0.15, -0.1) is 0 Å². The van der Waals surface area contributed by atoms with Gasteiger partial charge in [0, 0.05) is 12.2 Å². The monoisotopic (exact) mass is 245 g/mol. The Bertz CT molecular complexity index is 627. The lowest BCUT2D eigenvalue weighted by molar-refractivity contribution is 0.0527. The van der Waals surface area contributed by atoms with E-state index in [4.69, 9.17) is 4.74 Å². The van der Waals surface area contributed by atoms with Crippen molar-refractivity contribution in [3.63, 3.8) is 0 Å². The molecule has 0 saturated heterocycles. The maximum absolute atomic E-state index is 12.1. The number of phenols is 1. The number of aromatic hydroxyl groups is 1. The number of rotatable bonds is 2. The molecule has 0 amide bonds. The summed E-state index contributed by atoms with van der Waals surface area (Å²) in [6.45, 7) is 3.03. The molecule has 0 aliphatic carbocycles. The van der Waals surface area contributed by atoms with Crippen LogP contribution < -0.4 is 0 Å². The van der Waals surface area contributed by atoms with E-state index in [9.17, 15) is 9.90 Å². The Morgan fingerprint density at radius 2 is 2.33 bits per heavy atom. The number of ether oxygens (including phenoxy) is 1. The molecule has 0 atom stereocenters. The molecule has 2 aromatic rings. The molecule has 1 aromatic heterocycles. The summed E-state index contributed by atoms with van der Waals surface area (Å²) >= 11 is 0. The van der Waals surface area contributed by atoms with Crippen molar-refractivity contribution >= 4 is 16.9 Å². The molecular weight excluding hydrogens is 230 g/mol. The van der Waals surface area contributed by atoms with Gasteiger partial charge in [0.25, 0.3) is 0 Å². The van der Waals surface area contributed by atoms with Crippen molar-refractivity contribution in [1.82, 2.24) is 4.57 Å². The summed E-state index contributed by atoms with van der Waals surface area (Å²) in [6.07, 6.45) is 1.90. The van der Waals surface area contributed by atoms with Gasteiger partial charge < -0.3 is 14.4 Å². The minimum Gasteiger partial charge on any atom is -0.507 e. The number of hydrogen-bond acceptors (Lipinski definition) is 3. The van der Waals surface area contributed by atoms with Crippen LogP contribution in [0.3, 0.4) is 0 Å². The van der Waals surface area contributed by atoms with Crippen LogP contribution in [0.2, 0.25) is 0 Å². The van der Waals surface area contributed by atoms with Gasteiger partial charge in [0.2, 0.25) is 0 Å². The van der Waals surface area contributed by atoms with E-state index < -0.39 is 0 Å². The predicted octanol–water partition coefficient (Wildman–Crippen LogP) is 2.47. The molecule has 4 heteroatoms. The maximum atomic E-state index is 12.1. The van der Waals surface area contributed by atoms with Gasteiger partial charge in [-0.3, -0.25) is 0 Å². The average molecular weight is 245 g/mol. The second-order valence-electron chi connectivity index (χ2n) is 4.47. The van der Waals surface area contributed by atoms with Gasteiger partial charge in [-0.05, 0) is 31.9 Å². The molecule has 0 fully saturated rings. The van der Waals surface area contributed by atoms with E-state index in [2.05, 4.69) is 4.57 Å². The Balaban J connectivity index is 2.32. The van der Waals surface area contributed by atoms with Crippen LogP contribution in [0.1, 0.15) is 29.4 Å². The van der Waals surface area contributed by atoms with Crippen molar-refractivity contribution in [2.45, 2.75) is 26.3 Å². The lowest BCUT2D eigenvalue weighted by atomic mass is 10.1. The minimum absolute atomic E-state index is 0.150. The Morgan fingerprint density at radius 3 is 3.11 bits per heavy atom. The molecule has 2 heterocycles. The number of carbonyl (C=O) groups excluding carboxylic acids is 1. The molecule has 1 aliphatic heterocycles. The zero-order chi connectivity index (χ0) is 12.7. The van der Waals surface area contributed by atoms with Gasteiger partial charge >= 0.3 is 5.97 Å². The molecule has 1 aromatic carbocycles. The van der Waals surface area contributed by atoms with E-state index in [1.54, 1.807) is 19.1 Å². The highest BCUT2D eigenvalue weighted by Crippen LogP contribution is 2.36. The molecule has 0 bridgehead atoms. The zero-order valence-electron chi connectivity index (χ0n) is 10.3. The van der Waals surface area contributed by atoms with Crippen molar-refractivity contribution in [3.8, 4) is 5.75 Å².